The molecule has 0 bridgehead atoms. The fourth-order valence-corrected chi connectivity index (χ4v) is 3.72. The minimum Gasteiger partial charge on any atom is -0.279 e. The van der Waals surface area contributed by atoms with Gasteiger partial charge in [-0.15, -0.1) is 11.3 Å². The Balaban J connectivity index is 1.86. The van der Waals surface area contributed by atoms with E-state index in [0.29, 0.717) is 11.3 Å². The molecule has 0 radical (unpaired) electrons. The Labute approximate surface area is 143 Å². The zero-order chi connectivity index (χ0) is 17.0. The topological polar surface area (TPSA) is 46.2 Å². The molecule has 1 N–H and O–H groups in total. The maximum atomic E-state index is 13.7. The number of anilines is 1. The van der Waals surface area contributed by atoms with Crippen LogP contribution >= 0.6 is 11.3 Å². The summed E-state index contributed by atoms with van der Waals surface area (Å²) in [7, 11) is -3.99. The third kappa shape index (κ3) is 3.82. The summed E-state index contributed by atoms with van der Waals surface area (Å²) in [4.78, 5) is 0.535. The smallest absolute Gasteiger partial charge is 0.264 e. The van der Waals surface area contributed by atoms with Crippen molar-refractivity contribution in [2.45, 2.75) is 4.90 Å². The first-order valence-electron chi connectivity index (χ1n) is 6.97. The van der Waals surface area contributed by atoms with Crippen LogP contribution in [0.3, 0.4) is 0 Å². The molecule has 0 atom stereocenters. The zero-order valence-corrected chi connectivity index (χ0v) is 14.0. The van der Waals surface area contributed by atoms with E-state index in [1.54, 1.807) is 24.3 Å². The van der Waals surface area contributed by atoms with E-state index in [-0.39, 0.29) is 4.90 Å². The van der Waals surface area contributed by atoms with Crippen molar-refractivity contribution in [1.82, 2.24) is 0 Å². The minimum atomic E-state index is -3.99. The van der Waals surface area contributed by atoms with E-state index < -0.39 is 15.8 Å². The maximum absolute atomic E-state index is 13.7. The maximum Gasteiger partial charge on any atom is 0.264 e. The summed E-state index contributed by atoms with van der Waals surface area (Å²) >= 11 is 1.53. The van der Waals surface area contributed by atoms with Crippen LogP contribution in [0.4, 0.5) is 10.1 Å². The van der Waals surface area contributed by atoms with Crippen molar-refractivity contribution in [3.05, 3.63) is 82.3 Å². The summed E-state index contributed by atoms with van der Waals surface area (Å²) in [6.45, 7) is 0. The highest BCUT2D eigenvalue weighted by molar-refractivity contribution is 7.92. The Morgan fingerprint density at radius 2 is 1.79 bits per heavy atom. The number of thiophene rings is 1. The predicted octanol–water partition coefficient (Wildman–Crippen LogP) is 4.09. The average molecular weight is 357 g/mol. The van der Waals surface area contributed by atoms with Gasteiger partial charge in [-0.05, 0) is 41.8 Å². The van der Waals surface area contributed by atoms with Crippen molar-refractivity contribution in [3.8, 4) is 11.8 Å². The summed E-state index contributed by atoms with van der Waals surface area (Å²) < 4.78 is 40.7. The van der Waals surface area contributed by atoms with Gasteiger partial charge in [0.05, 0.1) is 10.6 Å². The van der Waals surface area contributed by atoms with Crippen molar-refractivity contribution in [2.75, 3.05) is 4.72 Å². The van der Waals surface area contributed by atoms with Crippen molar-refractivity contribution >= 4 is 27.0 Å². The number of halogens is 1. The molecule has 0 saturated carbocycles. The molecule has 1 heterocycles. The van der Waals surface area contributed by atoms with Gasteiger partial charge in [0.2, 0.25) is 0 Å². The van der Waals surface area contributed by atoms with E-state index in [0.717, 1.165) is 10.9 Å². The van der Waals surface area contributed by atoms with Crippen molar-refractivity contribution < 1.29 is 12.8 Å². The lowest BCUT2D eigenvalue weighted by atomic mass is 10.2. The molecule has 3 nitrogen and oxygen atoms in total. The Morgan fingerprint density at radius 3 is 2.54 bits per heavy atom. The number of nitrogens with one attached hydrogen (secondary N) is 1. The lowest BCUT2D eigenvalue weighted by molar-refractivity contribution is 0.570. The first-order chi connectivity index (χ1) is 11.5. The van der Waals surface area contributed by atoms with Crippen LogP contribution < -0.4 is 4.72 Å². The first-order valence-corrected chi connectivity index (χ1v) is 9.34. The van der Waals surface area contributed by atoms with Crippen LogP contribution in [0.2, 0.25) is 0 Å². The quantitative estimate of drug-likeness (QED) is 0.718. The number of rotatable bonds is 3. The molecule has 24 heavy (non-hydrogen) atoms. The van der Waals surface area contributed by atoms with Gasteiger partial charge in [-0.2, -0.15) is 0 Å². The fourth-order valence-electron chi connectivity index (χ4n) is 2.02. The van der Waals surface area contributed by atoms with Crippen LogP contribution in [0.1, 0.15) is 10.4 Å². The van der Waals surface area contributed by atoms with Gasteiger partial charge in [0.15, 0.2) is 0 Å². The molecule has 0 aliphatic rings. The van der Waals surface area contributed by atoms with Crippen molar-refractivity contribution in [1.29, 1.82) is 0 Å². The van der Waals surface area contributed by atoms with Crippen LogP contribution in [0.5, 0.6) is 0 Å². The third-order valence-electron chi connectivity index (χ3n) is 3.09. The molecule has 0 fully saturated rings. The van der Waals surface area contributed by atoms with E-state index in [1.807, 2.05) is 17.5 Å². The number of sulfonamides is 1. The normalized spacial score (nSPS) is 10.7. The molecule has 0 amide bonds. The highest BCUT2D eigenvalue weighted by Gasteiger charge is 2.18. The SMILES string of the molecule is O=S(=O)(Nc1cccc(C#Cc2cccs2)c1)c1ccccc1F. The summed E-state index contributed by atoms with van der Waals surface area (Å²) in [6.07, 6.45) is 0. The van der Waals surface area contributed by atoms with Gasteiger partial charge < -0.3 is 0 Å². The van der Waals surface area contributed by atoms with Crippen molar-refractivity contribution in [3.63, 3.8) is 0 Å². The molecule has 1 aromatic heterocycles. The van der Waals surface area contributed by atoms with E-state index in [1.165, 1.54) is 29.5 Å². The Bertz CT molecular complexity index is 1020. The summed E-state index contributed by atoms with van der Waals surface area (Å²) in [5.41, 5.74) is 0.994. The van der Waals surface area contributed by atoms with Crippen LogP contribution in [-0.4, -0.2) is 8.42 Å². The van der Waals surface area contributed by atoms with Crippen molar-refractivity contribution in [2.24, 2.45) is 0 Å². The fraction of sp³-hybridized carbons (Fsp3) is 0. The second-order valence-electron chi connectivity index (χ2n) is 4.84. The van der Waals surface area contributed by atoms with Gasteiger partial charge in [-0.3, -0.25) is 4.72 Å². The lowest BCUT2D eigenvalue weighted by Crippen LogP contribution is -2.14. The Kier molecular flexibility index (Phi) is 4.65. The number of hydrogen-bond acceptors (Lipinski definition) is 3. The van der Waals surface area contributed by atoms with Crippen LogP contribution in [0, 0.1) is 17.7 Å². The predicted molar refractivity (Wildman–Crippen MR) is 93.9 cm³/mol. The number of benzene rings is 2. The zero-order valence-electron chi connectivity index (χ0n) is 12.4. The molecule has 0 unspecified atom stereocenters. The van der Waals surface area contributed by atoms with E-state index in [2.05, 4.69) is 16.6 Å². The largest absolute Gasteiger partial charge is 0.279 e. The molecule has 3 rings (SSSR count). The summed E-state index contributed by atoms with van der Waals surface area (Å²) in [5.74, 6) is 5.19. The molecule has 0 spiro atoms. The van der Waals surface area contributed by atoms with E-state index in [4.69, 9.17) is 0 Å². The van der Waals surface area contributed by atoms with Crippen LogP contribution in [0.25, 0.3) is 0 Å². The molecule has 3 aromatic rings. The monoisotopic (exact) mass is 357 g/mol. The van der Waals surface area contributed by atoms with Crippen LogP contribution in [-0.2, 0) is 10.0 Å². The second-order valence-corrected chi connectivity index (χ2v) is 7.44. The second kappa shape index (κ2) is 6.87. The molecule has 0 saturated heterocycles. The molecule has 0 aliphatic heterocycles. The lowest BCUT2D eigenvalue weighted by Gasteiger charge is -2.09. The van der Waals surface area contributed by atoms with Gasteiger partial charge in [0.1, 0.15) is 10.7 Å². The standard InChI is InChI=1S/C18H12FNO2S2/c19-17-8-1-2-9-18(17)24(21,22)20-15-6-3-5-14(13-15)10-11-16-7-4-12-23-16/h1-9,12-13,20H. The Morgan fingerprint density at radius 1 is 0.958 bits per heavy atom. The molecule has 0 aliphatic carbocycles. The van der Waals surface area contributed by atoms with Gasteiger partial charge in [0.25, 0.3) is 10.0 Å². The first kappa shape index (κ1) is 16.2. The summed E-state index contributed by atoms with van der Waals surface area (Å²) in [6, 6.07) is 15.7. The average Bonchev–Trinajstić information content (AvgIpc) is 3.06. The van der Waals surface area contributed by atoms with Gasteiger partial charge in [-0.1, -0.05) is 36.1 Å². The Hall–Kier alpha value is -2.62. The highest BCUT2D eigenvalue weighted by Crippen LogP contribution is 2.19. The number of hydrogen-bond donors (Lipinski definition) is 1. The van der Waals surface area contributed by atoms with E-state index in [9.17, 15) is 12.8 Å². The van der Waals surface area contributed by atoms with Gasteiger partial charge in [0, 0.05) is 5.56 Å². The minimum absolute atomic E-state index is 0.330. The van der Waals surface area contributed by atoms with Crippen LogP contribution in [0.15, 0.2) is 70.9 Å². The highest BCUT2D eigenvalue weighted by atomic mass is 32.2. The molecular formula is C18H12FNO2S2. The van der Waals surface area contributed by atoms with E-state index >= 15 is 0 Å². The van der Waals surface area contributed by atoms with Gasteiger partial charge >= 0.3 is 0 Å². The molecular weight excluding hydrogens is 345 g/mol. The van der Waals surface area contributed by atoms with Gasteiger partial charge in [-0.25, -0.2) is 12.8 Å². The molecule has 6 heteroatoms. The molecule has 2 aromatic carbocycles. The molecule has 120 valence electrons. The third-order valence-corrected chi connectivity index (χ3v) is 5.29. The summed E-state index contributed by atoms with van der Waals surface area (Å²) in [5, 5.41) is 1.93.